The van der Waals surface area contributed by atoms with E-state index in [-0.39, 0.29) is 5.28 Å². The Labute approximate surface area is 121 Å². The van der Waals surface area contributed by atoms with Gasteiger partial charge in [-0.25, -0.2) is 4.98 Å². The fourth-order valence-electron chi connectivity index (χ4n) is 1.42. The van der Waals surface area contributed by atoms with Crippen LogP contribution in [0.25, 0.3) is 5.95 Å². The second kappa shape index (κ2) is 7.56. The third-order valence-electron chi connectivity index (χ3n) is 2.33. The molecule has 0 amide bonds. The zero-order chi connectivity index (χ0) is 14.2. The van der Waals surface area contributed by atoms with Crippen LogP contribution in [0.15, 0.2) is 31.4 Å². The number of anilines is 1. The van der Waals surface area contributed by atoms with Crippen LogP contribution in [0.3, 0.4) is 0 Å². The summed E-state index contributed by atoms with van der Waals surface area (Å²) in [6, 6.07) is 0. The maximum absolute atomic E-state index is 5.87. The number of hydrogen-bond donors (Lipinski definition) is 1. The Morgan fingerprint density at radius 2 is 2.25 bits per heavy atom. The summed E-state index contributed by atoms with van der Waals surface area (Å²) >= 11 is 5.87. The van der Waals surface area contributed by atoms with Gasteiger partial charge < -0.3 is 10.1 Å². The van der Waals surface area contributed by atoms with E-state index in [1.807, 2.05) is 6.08 Å². The van der Waals surface area contributed by atoms with Crippen LogP contribution in [0.4, 0.5) is 5.95 Å². The van der Waals surface area contributed by atoms with E-state index in [9.17, 15) is 0 Å². The van der Waals surface area contributed by atoms with Crippen molar-refractivity contribution in [3.63, 3.8) is 0 Å². The number of hydrogen-bond acceptors (Lipinski definition) is 6. The van der Waals surface area contributed by atoms with Crippen molar-refractivity contribution in [3.05, 3.63) is 36.7 Å². The van der Waals surface area contributed by atoms with Gasteiger partial charge in [0.1, 0.15) is 6.33 Å². The van der Waals surface area contributed by atoms with Crippen molar-refractivity contribution in [3.8, 4) is 5.95 Å². The van der Waals surface area contributed by atoms with Crippen LogP contribution < -0.4 is 5.32 Å². The van der Waals surface area contributed by atoms with E-state index in [0.29, 0.717) is 31.7 Å². The van der Waals surface area contributed by atoms with Crippen LogP contribution in [0.2, 0.25) is 5.28 Å². The molecule has 0 aliphatic heterocycles. The molecule has 0 radical (unpaired) electrons. The van der Waals surface area contributed by atoms with Gasteiger partial charge in [-0.15, -0.1) is 6.58 Å². The lowest BCUT2D eigenvalue weighted by Crippen LogP contribution is -2.13. The van der Waals surface area contributed by atoms with Crippen LogP contribution in [0.1, 0.15) is 6.42 Å². The first-order chi connectivity index (χ1) is 9.79. The molecule has 0 unspecified atom stereocenters. The maximum Gasteiger partial charge on any atom is 0.241 e. The van der Waals surface area contributed by atoms with E-state index < -0.39 is 0 Å². The van der Waals surface area contributed by atoms with Gasteiger partial charge in [0.25, 0.3) is 0 Å². The van der Waals surface area contributed by atoms with E-state index in [1.54, 1.807) is 23.3 Å². The highest BCUT2D eigenvalue weighted by Crippen LogP contribution is 2.09. The molecular weight excluding hydrogens is 280 g/mol. The van der Waals surface area contributed by atoms with Crippen LogP contribution in [0.5, 0.6) is 0 Å². The number of rotatable bonds is 8. The normalized spacial score (nSPS) is 10.4. The summed E-state index contributed by atoms with van der Waals surface area (Å²) in [7, 11) is 0. The third kappa shape index (κ3) is 4.29. The fraction of sp³-hybridized carbons (Fsp3) is 0.333. The fourth-order valence-corrected chi connectivity index (χ4v) is 1.57. The number of nitrogens with zero attached hydrogens (tertiary/aromatic N) is 5. The molecule has 2 heterocycles. The molecule has 0 aliphatic carbocycles. The van der Waals surface area contributed by atoms with Gasteiger partial charge in [0.15, 0.2) is 0 Å². The number of aromatic nitrogens is 5. The van der Waals surface area contributed by atoms with Crippen molar-refractivity contribution in [1.82, 2.24) is 24.5 Å². The largest absolute Gasteiger partial charge is 0.379 e. The van der Waals surface area contributed by atoms with E-state index in [0.717, 1.165) is 6.42 Å². The van der Waals surface area contributed by atoms with Gasteiger partial charge in [-0.1, -0.05) is 6.08 Å². The second-order valence-corrected chi connectivity index (χ2v) is 4.15. The Bertz CT molecular complexity index is 545. The summed E-state index contributed by atoms with van der Waals surface area (Å²) < 4.78 is 7.03. The second-order valence-electron chi connectivity index (χ2n) is 3.81. The van der Waals surface area contributed by atoms with Gasteiger partial charge >= 0.3 is 0 Å². The molecule has 0 spiro atoms. The van der Waals surface area contributed by atoms with E-state index in [1.165, 1.54) is 0 Å². The van der Waals surface area contributed by atoms with E-state index >= 15 is 0 Å². The maximum atomic E-state index is 5.87. The van der Waals surface area contributed by atoms with Crippen LogP contribution in [0, 0.1) is 0 Å². The highest BCUT2D eigenvalue weighted by molar-refractivity contribution is 6.28. The smallest absolute Gasteiger partial charge is 0.241 e. The molecule has 0 saturated heterocycles. The molecule has 106 valence electrons. The summed E-state index contributed by atoms with van der Waals surface area (Å²) in [5.41, 5.74) is 0. The standard InChI is InChI=1S/C12H15ClN6O/c1-2-3-7-20-8-5-15-11-16-10(13)17-12(18-11)19-6-4-14-9-19/h2,4,6,9H,1,3,5,7-8H2,(H,15,16,17,18). The Hall–Kier alpha value is -1.99. The summed E-state index contributed by atoms with van der Waals surface area (Å²) in [5, 5.41) is 3.16. The minimum atomic E-state index is 0.124. The minimum Gasteiger partial charge on any atom is -0.379 e. The molecule has 2 rings (SSSR count). The molecule has 0 saturated carbocycles. The van der Waals surface area contributed by atoms with Crippen LogP contribution >= 0.6 is 11.6 Å². The predicted octanol–water partition coefficient (Wildman–Crippen LogP) is 1.72. The average Bonchev–Trinajstić information content (AvgIpc) is 2.96. The van der Waals surface area contributed by atoms with Crippen molar-refractivity contribution in [2.45, 2.75) is 6.42 Å². The molecule has 0 atom stereocenters. The molecule has 1 N–H and O–H groups in total. The zero-order valence-electron chi connectivity index (χ0n) is 10.9. The van der Waals surface area contributed by atoms with Crippen molar-refractivity contribution in [1.29, 1.82) is 0 Å². The van der Waals surface area contributed by atoms with Gasteiger partial charge in [0, 0.05) is 18.9 Å². The predicted molar refractivity (Wildman–Crippen MR) is 76.1 cm³/mol. The molecule has 0 bridgehead atoms. The van der Waals surface area contributed by atoms with Crippen LogP contribution in [-0.2, 0) is 4.74 Å². The van der Waals surface area contributed by atoms with Crippen molar-refractivity contribution in [2.24, 2.45) is 0 Å². The first kappa shape index (κ1) is 14.4. The van der Waals surface area contributed by atoms with Crippen molar-refractivity contribution < 1.29 is 4.74 Å². The monoisotopic (exact) mass is 294 g/mol. The summed E-state index contributed by atoms with van der Waals surface area (Å²) in [4.78, 5) is 16.2. The molecule has 0 aliphatic rings. The number of imidazole rings is 1. The minimum absolute atomic E-state index is 0.124. The highest BCUT2D eigenvalue weighted by atomic mass is 35.5. The molecular formula is C12H15ClN6O. The number of nitrogens with one attached hydrogen (secondary N) is 1. The zero-order valence-corrected chi connectivity index (χ0v) is 11.6. The lowest BCUT2D eigenvalue weighted by Gasteiger charge is -2.07. The van der Waals surface area contributed by atoms with Crippen molar-refractivity contribution in [2.75, 3.05) is 25.1 Å². The summed E-state index contributed by atoms with van der Waals surface area (Å²) in [6.07, 6.45) is 7.61. The van der Waals surface area contributed by atoms with Gasteiger partial charge in [-0.2, -0.15) is 15.0 Å². The summed E-state index contributed by atoms with van der Waals surface area (Å²) in [6.45, 7) is 5.42. The first-order valence-electron chi connectivity index (χ1n) is 6.12. The number of ether oxygens (including phenoxy) is 1. The average molecular weight is 295 g/mol. The Balaban J connectivity index is 1.90. The lowest BCUT2D eigenvalue weighted by molar-refractivity contribution is 0.149. The Morgan fingerprint density at radius 1 is 1.35 bits per heavy atom. The molecule has 20 heavy (non-hydrogen) atoms. The van der Waals surface area contributed by atoms with Crippen molar-refractivity contribution >= 4 is 17.5 Å². The summed E-state index contributed by atoms with van der Waals surface area (Å²) in [5.74, 6) is 0.818. The van der Waals surface area contributed by atoms with E-state index in [4.69, 9.17) is 16.3 Å². The van der Waals surface area contributed by atoms with Crippen LogP contribution in [-0.4, -0.2) is 44.3 Å². The van der Waals surface area contributed by atoms with Gasteiger partial charge in [-0.05, 0) is 18.0 Å². The van der Waals surface area contributed by atoms with E-state index in [2.05, 4.69) is 31.8 Å². The molecule has 8 heteroatoms. The topological polar surface area (TPSA) is 77.8 Å². The lowest BCUT2D eigenvalue weighted by atomic mass is 10.4. The van der Waals surface area contributed by atoms with Gasteiger partial charge in [-0.3, -0.25) is 4.57 Å². The SMILES string of the molecule is C=CCCOCCNc1nc(Cl)nc(-n2ccnc2)n1. The first-order valence-corrected chi connectivity index (χ1v) is 6.50. The third-order valence-corrected chi connectivity index (χ3v) is 2.50. The Kier molecular flexibility index (Phi) is 5.45. The Morgan fingerprint density at radius 3 is 3.00 bits per heavy atom. The molecule has 0 fully saturated rings. The van der Waals surface area contributed by atoms with Gasteiger partial charge in [0.05, 0.1) is 13.2 Å². The quantitative estimate of drug-likeness (QED) is 0.590. The molecule has 0 aromatic carbocycles. The molecule has 7 nitrogen and oxygen atoms in total. The molecule has 2 aromatic rings. The van der Waals surface area contributed by atoms with Gasteiger partial charge in [0.2, 0.25) is 17.2 Å². The highest BCUT2D eigenvalue weighted by Gasteiger charge is 2.06. The number of halogens is 1. The molecule has 2 aromatic heterocycles.